The third-order valence-electron chi connectivity index (χ3n) is 4.15. The number of carbonyl (C=O) groups is 2. The van der Waals surface area contributed by atoms with Gasteiger partial charge in [-0.1, -0.05) is 12.2 Å². The van der Waals surface area contributed by atoms with E-state index in [2.05, 4.69) is 5.32 Å². The summed E-state index contributed by atoms with van der Waals surface area (Å²) in [6, 6.07) is 10.8. The smallest absolute Gasteiger partial charge is 0.262 e. The van der Waals surface area contributed by atoms with Crippen LogP contribution in [0.5, 0.6) is 11.5 Å². The zero-order valence-corrected chi connectivity index (χ0v) is 15.0. The van der Waals surface area contributed by atoms with Crippen molar-refractivity contribution in [2.24, 2.45) is 5.73 Å². The highest BCUT2D eigenvalue weighted by Crippen LogP contribution is 2.26. The SMILES string of the molecule is N=C(N)c1ccc(O)c(OCC(=O)Nc2ccc(C(=O)N3CC=CC3)cc2)c1. The maximum atomic E-state index is 12.3. The number of hydrogen-bond acceptors (Lipinski definition) is 5. The lowest BCUT2D eigenvalue weighted by Crippen LogP contribution is -2.28. The number of aromatic hydroxyl groups is 1. The molecule has 0 bridgehead atoms. The molecular formula is C20H20N4O4. The molecule has 0 unspecified atom stereocenters. The molecule has 1 aliphatic heterocycles. The van der Waals surface area contributed by atoms with E-state index in [0.717, 1.165) is 0 Å². The van der Waals surface area contributed by atoms with Crippen LogP contribution in [0.2, 0.25) is 0 Å². The van der Waals surface area contributed by atoms with Crippen molar-refractivity contribution in [1.29, 1.82) is 5.41 Å². The third-order valence-corrected chi connectivity index (χ3v) is 4.15. The Bertz CT molecular complexity index is 930. The van der Waals surface area contributed by atoms with Gasteiger partial charge in [-0.2, -0.15) is 0 Å². The Morgan fingerprint density at radius 1 is 1.11 bits per heavy atom. The van der Waals surface area contributed by atoms with Crippen LogP contribution in [0.4, 0.5) is 5.69 Å². The minimum absolute atomic E-state index is 0.0583. The van der Waals surface area contributed by atoms with E-state index in [-0.39, 0.29) is 29.8 Å². The molecular weight excluding hydrogens is 360 g/mol. The lowest BCUT2D eigenvalue weighted by molar-refractivity contribution is -0.118. The Hall–Kier alpha value is -3.81. The van der Waals surface area contributed by atoms with Crippen molar-refractivity contribution in [1.82, 2.24) is 4.90 Å². The number of rotatable bonds is 6. The van der Waals surface area contributed by atoms with Crippen molar-refractivity contribution in [3.05, 3.63) is 65.7 Å². The van der Waals surface area contributed by atoms with Crippen LogP contribution >= 0.6 is 0 Å². The number of nitrogens with one attached hydrogen (secondary N) is 2. The monoisotopic (exact) mass is 380 g/mol. The highest BCUT2D eigenvalue weighted by molar-refractivity contribution is 5.97. The highest BCUT2D eigenvalue weighted by atomic mass is 16.5. The zero-order valence-electron chi connectivity index (χ0n) is 15.0. The summed E-state index contributed by atoms with van der Waals surface area (Å²) in [6.07, 6.45) is 3.88. The lowest BCUT2D eigenvalue weighted by atomic mass is 10.2. The molecule has 2 aromatic carbocycles. The molecule has 2 amide bonds. The van der Waals surface area contributed by atoms with Crippen LogP contribution in [0.25, 0.3) is 0 Å². The van der Waals surface area contributed by atoms with Gasteiger partial charge in [-0.05, 0) is 42.5 Å². The first kappa shape index (κ1) is 19.0. The normalized spacial score (nSPS) is 12.6. The molecule has 0 atom stereocenters. The van der Waals surface area contributed by atoms with Gasteiger partial charge < -0.3 is 25.8 Å². The summed E-state index contributed by atoms with van der Waals surface area (Å²) in [5, 5.41) is 19.8. The minimum atomic E-state index is -0.435. The number of carbonyl (C=O) groups excluding carboxylic acids is 2. The molecule has 5 N–H and O–H groups in total. The number of amidine groups is 1. The van der Waals surface area contributed by atoms with Crippen LogP contribution in [-0.2, 0) is 4.79 Å². The Balaban J connectivity index is 1.56. The summed E-state index contributed by atoms with van der Waals surface area (Å²) in [5.41, 5.74) is 6.84. The third kappa shape index (κ3) is 4.47. The molecule has 0 aromatic heterocycles. The van der Waals surface area contributed by atoms with Gasteiger partial charge in [-0.3, -0.25) is 15.0 Å². The lowest BCUT2D eigenvalue weighted by Gasteiger charge is -2.15. The number of ether oxygens (including phenoxy) is 1. The molecule has 8 nitrogen and oxygen atoms in total. The zero-order chi connectivity index (χ0) is 20.1. The van der Waals surface area contributed by atoms with Crippen molar-refractivity contribution in [3.63, 3.8) is 0 Å². The van der Waals surface area contributed by atoms with Crippen LogP contribution in [0.1, 0.15) is 15.9 Å². The first-order valence-corrected chi connectivity index (χ1v) is 8.58. The van der Waals surface area contributed by atoms with E-state index in [0.29, 0.717) is 29.9 Å². The Morgan fingerprint density at radius 3 is 2.39 bits per heavy atom. The number of nitrogens with zero attached hydrogens (tertiary/aromatic N) is 1. The summed E-state index contributed by atoms with van der Waals surface area (Å²) >= 11 is 0. The molecule has 144 valence electrons. The first-order valence-electron chi connectivity index (χ1n) is 8.58. The van der Waals surface area contributed by atoms with Crippen LogP contribution in [0.15, 0.2) is 54.6 Å². The van der Waals surface area contributed by atoms with E-state index >= 15 is 0 Å². The Morgan fingerprint density at radius 2 is 1.75 bits per heavy atom. The predicted octanol–water partition coefficient (Wildman–Crippen LogP) is 1.71. The first-order chi connectivity index (χ1) is 13.4. The molecule has 28 heavy (non-hydrogen) atoms. The molecule has 3 rings (SSSR count). The van der Waals surface area contributed by atoms with Crippen molar-refractivity contribution in [2.75, 3.05) is 25.0 Å². The Kier molecular flexibility index (Phi) is 5.59. The average Bonchev–Trinajstić information content (AvgIpc) is 3.22. The highest BCUT2D eigenvalue weighted by Gasteiger charge is 2.16. The standard InChI is InChI=1S/C20H20N4O4/c21-19(22)14-5-8-16(25)17(11-14)28-12-18(26)23-15-6-3-13(4-7-15)20(27)24-9-1-2-10-24/h1-8,11,25H,9-10,12H2,(H3,21,22)(H,23,26). The molecule has 0 spiro atoms. The van der Waals surface area contributed by atoms with E-state index < -0.39 is 5.91 Å². The largest absolute Gasteiger partial charge is 0.504 e. The van der Waals surface area contributed by atoms with Crippen molar-refractivity contribution < 1.29 is 19.4 Å². The Labute approximate surface area is 161 Å². The van der Waals surface area contributed by atoms with Crippen LogP contribution in [0.3, 0.4) is 0 Å². The topological polar surface area (TPSA) is 129 Å². The maximum absolute atomic E-state index is 12.3. The number of amides is 2. The molecule has 1 heterocycles. The number of nitrogens with two attached hydrogens (primary N) is 1. The molecule has 0 fully saturated rings. The summed E-state index contributed by atoms with van der Waals surface area (Å²) in [7, 11) is 0. The number of nitrogen functional groups attached to an aromatic ring is 1. The van der Waals surface area contributed by atoms with Crippen molar-refractivity contribution in [3.8, 4) is 11.5 Å². The van der Waals surface area contributed by atoms with Gasteiger partial charge in [0.05, 0.1) is 0 Å². The van der Waals surface area contributed by atoms with E-state index in [1.54, 1.807) is 29.2 Å². The van der Waals surface area contributed by atoms with Gasteiger partial charge in [-0.15, -0.1) is 0 Å². The van der Waals surface area contributed by atoms with Gasteiger partial charge in [0.15, 0.2) is 18.1 Å². The quantitative estimate of drug-likeness (QED) is 0.344. The van der Waals surface area contributed by atoms with Gasteiger partial charge in [0, 0.05) is 29.9 Å². The molecule has 0 aliphatic carbocycles. The molecule has 8 heteroatoms. The number of phenolic OH excluding ortho intramolecular Hbond substituents is 1. The van der Waals surface area contributed by atoms with Gasteiger partial charge >= 0.3 is 0 Å². The fourth-order valence-corrected chi connectivity index (χ4v) is 2.66. The fourth-order valence-electron chi connectivity index (χ4n) is 2.66. The van der Waals surface area contributed by atoms with Crippen LogP contribution in [0, 0.1) is 5.41 Å². The molecule has 1 aliphatic rings. The minimum Gasteiger partial charge on any atom is -0.504 e. The number of benzene rings is 2. The number of anilines is 1. The van der Waals surface area contributed by atoms with E-state index in [1.165, 1.54) is 18.2 Å². The van der Waals surface area contributed by atoms with Gasteiger partial charge in [0.2, 0.25) is 0 Å². The van der Waals surface area contributed by atoms with Crippen LogP contribution in [-0.4, -0.2) is 47.4 Å². The summed E-state index contributed by atoms with van der Waals surface area (Å²) < 4.78 is 5.31. The molecule has 0 radical (unpaired) electrons. The van der Waals surface area contributed by atoms with Crippen LogP contribution < -0.4 is 15.8 Å². The fraction of sp³-hybridized carbons (Fsp3) is 0.150. The van der Waals surface area contributed by atoms with Gasteiger partial charge in [0.1, 0.15) is 5.84 Å². The number of hydrogen-bond donors (Lipinski definition) is 4. The summed E-state index contributed by atoms with van der Waals surface area (Å²) in [5.74, 6) is -0.767. The average molecular weight is 380 g/mol. The second-order valence-electron chi connectivity index (χ2n) is 6.19. The second kappa shape index (κ2) is 8.26. The molecule has 2 aromatic rings. The van der Waals surface area contributed by atoms with Crippen molar-refractivity contribution in [2.45, 2.75) is 0 Å². The van der Waals surface area contributed by atoms with E-state index in [4.69, 9.17) is 15.9 Å². The van der Waals surface area contributed by atoms with Gasteiger partial charge in [0.25, 0.3) is 11.8 Å². The van der Waals surface area contributed by atoms with E-state index in [9.17, 15) is 14.7 Å². The van der Waals surface area contributed by atoms with E-state index in [1.807, 2.05) is 12.2 Å². The van der Waals surface area contributed by atoms with Gasteiger partial charge in [-0.25, -0.2) is 0 Å². The van der Waals surface area contributed by atoms with Crippen molar-refractivity contribution >= 4 is 23.3 Å². The predicted molar refractivity (Wildman–Crippen MR) is 105 cm³/mol. The molecule has 0 saturated heterocycles. The molecule has 0 saturated carbocycles. The maximum Gasteiger partial charge on any atom is 0.262 e. The summed E-state index contributed by atoms with van der Waals surface area (Å²) in [4.78, 5) is 26.1. The number of phenols is 1. The summed E-state index contributed by atoms with van der Waals surface area (Å²) in [6.45, 7) is 0.869. The second-order valence-corrected chi connectivity index (χ2v) is 6.19.